The second kappa shape index (κ2) is 4.95. The fourth-order valence-electron chi connectivity index (χ4n) is 0.939. The Labute approximate surface area is 115 Å². The number of halogens is 6. The topological polar surface area (TPSA) is 0 Å². The molecule has 0 saturated heterocycles. The lowest BCUT2D eigenvalue weighted by Crippen LogP contribution is -2.07. The quantitative estimate of drug-likeness (QED) is 0.505. The lowest BCUT2D eigenvalue weighted by molar-refractivity contribution is -0.0842. The SMILES string of the molecule is FC(F)(F)C1=CS/C(=C2\SC=C(C(F)(F)F)S2)S1. The van der Waals surface area contributed by atoms with Crippen molar-refractivity contribution in [2.75, 3.05) is 0 Å². The van der Waals surface area contributed by atoms with E-state index in [0.29, 0.717) is 23.5 Å². The molecule has 10 heteroatoms. The Morgan fingerprint density at radius 2 is 1.00 bits per heavy atom. The predicted molar refractivity (Wildman–Crippen MR) is 65.7 cm³/mol. The van der Waals surface area contributed by atoms with Crippen LogP contribution in [0.15, 0.2) is 29.1 Å². The van der Waals surface area contributed by atoms with E-state index in [0.717, 1.165) is 34.3 Å². The molecular weight excluding hydrogens is 338 g/mol. The normalized spacial score (nSPS) is 25.4. The molecule has 0 atom stereocenters. The smallest absolute Gasteiger partial charge is 0.166 e. The van der Waals surface area contributed by atoms with Gasteiger partial charge >= 0.3 is 12.4 Å². The molecule has 2 aliphatic heterocycles. The standard InChI is InChI=1S/C8H2F6S4/c9-7(10,11)3-1-15-5(17-3)6-16-2-4(18-6)8(12,13)14/h1-2H/b6-5-. The van der Waals surface area contributed by atoms with Crippen molar-refractivity contribution in [1.82, 2.24) is 0 Å². The Kier molecular flexibility index (Phi) is 4.02. The van der Waals surface area contributed by atoms with Crippen LogP contribution in [0.2, 0.25) is 0 Å². The predicted octanol–water partition coefficient (Wildman–Crippen LogP) is 5.88. The van der Waals surface area contributed by atoms with Gasteiger partial charge in [0, 0.05) is 0 Å². The van der Waals surface area contributed by atoms with Crippen LogP contribution in [-0.2, 0) is 0 Å². The molecule has 0 radical (unpaired) electrons. The molecule has 0 spiro atoms. The van der Waals surface area contributed by atoms with Crippen LogP contribution in [-0.4, -0.2) is 12.4 Å². The number of allylic oxidation sites excluding steroid dienone is 2. The highest BCUT2D eigenvalue weighted by atomic mass is 32.2. The van der Waals surface area contributed by atoms with Gasteiger partial charge < -0.3 is 0 Å². The van der Waals surface area contributed by atoms with Crippen LogP contribution in [0.5, 0.6) is 0 Å². The van der Waals surface area contributed by atoms with E-state index in [1.807, 2.05) is 0 Å². The lowest BCUT2D eigenvalue weighted by Gasteiger charge is -2.07. The summed E-state index contributed by atoms with van der Waals surface area (Å²) >= 11 is 2.54. The molecule has 0 amide bonds. The molecule has 2 aliphatic rings. The molecule has 0 unspecified atom stereocenters. The van der Waals surface area contributed by atoms with E-state index in [1.165, 1.54) is 0 Å². The van der Waals surface area contributed by atoms with Crippen molar-refractivity contribution in [3.05, 3.63) is 29.1 Å². The van der Waals surface area contributed by atoms with Gasteiger partial charge in [0.15, 0.2) is 0 Å². The zero-order chi connectivity index (χ0) is 13.6. The first-order valence-electron chi connectivity index (χ1n) is 4.16. The Hall–Kier alpha value is 0.200. The maximum Gasteiger partial charge on any atom is 0.423 e. The second-order valence-corrected chi connectivity index (χ2v) is 7.36. The summed E-state index contributed by atoms with van der Waals surface area (Å²) in [4.78, 5) is -1.59. The van der Waals surface area contributed by atoms with Crippen molar-refractivity contribution in [2.45, 2.75) is 12.4 Å². The van der Waals surface area contributed by atoms with E-state index < -0.39 is 22.2 Å². The van der Waals surface area contributed by atoms with E-state index in [4.69, 9.17) is 0 Å². The van der Waals surface area contributed by atoms with Crippen LogP contribution in [0.3, 0.4) is 0 Å². The summed E-state index contributed by atoms with van der Waals surface area (Å²) in [6, 6.07) is 0. The molecule has 0 aliphatic carbocycles. The molecule has 18 heavy (non-hydrogen) atoms. The van der Waals surface area contributed by atoms with E-state index in [1.54, 1.807) is 0 Å². The summed E-state index contributed by atoms with van der Waals surface area (Å²) in [6.07, 6.45) is -8.90. The van der Waals surface area contributed by atoms with Gasteiger partial charge in [0.1, 0.15) is 9.81 Å². The van der Waals surface area contributed by atoms with E-state index >= 15 is 0 Å². The molecule has 0 nitrogen and oxygen atoms in total. The summed E-state index contributed by atoms with van der Waals surface area (Å²) < 4.78 is 74.6. The molecule has 0 aromatic carbocycles. The molecule has 0 N–H and O–H groups in total. The summed E-state index contributed by atoms with van der Waals surface area (Å²) in [5.74, 6) is 0. The van der Waals surface area contributed by atoms with Crippen LogP contribution in [0.1, 0.15) is 0 Å². The van der Waals surface area contributed by atoms with E-state index in [9.17, 15) is 26.3 Å². The average Bonchev–Trinajstić information content (AvgIpc) is 2.84. The molecule has 0 saturated carbocycles. The molecule has 2 rings (SSSR count). The van der Waals surface area contributed by atoms with Gasteiger partial charge in [-0.3, -0.25) is 0 Å². The molecule has 0 bridgehead atoms. The van der Waals surface area contributed by atoms with Gasteiger partial charge in [-0.25, -0.2) is 0 Å². The number of alkyl halides is 6. The van der Waals surface area contributed by atoms with Gasteiger partial charge in [0.2, 0.25) is 0 Å². The Morgan fingerprint density at radius 3 is 1.22 bits per heavy atom. The molecule has 0 aromatic heterocycles. The van der Waals surface area contributed by atoms with E-state index in [2.05, 4.69) is 0 Å². The first-order valence-corrected chi connectivity index (χ1v) is 7.55. The minimum Gasteiger partial charge on any atom is -0.166 e. The molecule has 2 heterocycles. The van der Waals surface area contributed by atoms with Gasteiger partial charge in [0.05, 0.1) is 8.47 Å². The molecule has 0 aromatic rings. The number of thioether (sulfide) groups is 4. The third-order valence-corrected chi connectivity index (χ3v) is 7.03. The molecule has 0 fully saturated rings. The van der Waals surface area contributed by atoms with Crippen LogP contribution < -0.4 is 0 Å². The highest BCUT2D eigenvalue weighted by Crippen LogP contribution is 2.59. The van der Waals surface area contributed by atoms with Crippen molar-refractivity contribution in [1.29, 1.82) is 0 Å². The van der Waals surface area contributed by atoms with Gasteiger partial charge in [-0.2, -0.15) is 26.3 Å². The molecule has 100 valence electrons. The Morgan fingerprint density at radius 1 is 0.667 bits per heavy atom. The summed E-state index contributed by atoms with van der Waals surface area (Å²) in [6.45, 7) is 0. The van der Waals surface area contributed by atoms with Crippen molar-refractivity contribution in [3.63, 3.8) is 0 Å². The van der Waals surface area contributed by atoms with E-state index in [-0.39, 0.29) is 8.47 Å². The fraction of sp³-hybridized carbons (Fsp3) is 0.250. The third-order valence-electron chi connectivity index (χ3n) is 1.68. The zero-order valence-electron chi connectivity index (χ0n) is 8.06. The van der Waals surface area contributed by atoms with Crippen molar-refractivity contribution in [3.8, 4) is 0 Å². The first-order chi connectivity index (χ1) is 8.18. The fourth-order valence-corrected chi connectivity index (χ4v) is 5.59. The summed E-state index contributed by atoms with van der Waals surface area (Å²) in [7, 11) is 0. The van der Waals surface area contributed by atoms with Gasteiger partial charge in [-0.15, -0.1) is 0 Å². The highest BCUT2D eigenvalue weighted by Gasteiger charge is 2.41. The largest absolute Gasteiger partial charge is 0.423 e. The van der Waals surface area contributed by atoms with Crippen LogP contribution in [0, 0.1) is 0 Å². The maximum absolute atomic E-state index is 12.4. The average molecular weight is 340 g/mol. The van der Waals surface area contributed by atoms with Gasteiger partial charge in [0.25, 0.3) is 0 Å². The number of rotatable bonds is 0. The summed E-state index contributed by atoms with van der Waals surface area (Å²) in [5.41, 5.74) is 0. The second-order valence-electron chi connectivity index (χ2n) is 2.97. The minimum absolute atomic E-state index is 0.243. The lowest BCUT2D eigenvalue weighted by atomic mass is 10.6. The monoisotopic (exact) mass is 340 g/mol. The van der Waals surface area contributed by atoms with Crippen LogP contribution >= 0.6 is 47.0 Å². The third kappa shape index (κ3) is 3.20. The van der Waals surface area contributed by atoms with Crippen molar-refractivity contribution < 1.29 is 26.3 Å². The summed E-state index contributed by atoms with van der Waals surface area (Å²) in [5, 5.41) is 1.83. The van der Waals surface area contributed by atoms with Crippen LogP contribution in [0.25, 0.3) is 0 Å². The van der Waals surface area contributed by atoms with Gasteiger partial charge in [-0.1, -0.05) is 47.0 Å². The van der Waals surface area contributed by atoms with Crippen molar-refractivity contribution >= 4 is 47.0 Å². The number of hydrogen-bond donors (Lipinski definition) is 0. The maximum atomic E-state index is 12.4. The highest BCUT2D eigenvalue weighted by molar-refractivity contribution is 8.33. The van der Waals surface area contributed by atoms with Crippen molar-refractivity contribution in [2.24, 2.45) is 0 Å². The zero-order valence-corrected chi connectivity index (χ0v) is 11.3. The molecular formula is C8H2F6S4. The first kappa shape index (κ1) is 14.6. The number of hydrogen-bond acceptors (Lipinski definition) is 4. The van der Waals surface area contributed by atoms with Gasteiger partial charge in [-0.05, 0) is 10.8 Å². The Bertz CT molecular complexity index is 413. The Balaban J connectivity index is 2.07. The minimum atomic E-state index is -4.45. The van der Waals surface area contributed by atoms with Crippen LogP contribution in [0.4, 0.5) is 26.3 Å².